The number of hydrogen-bond donors (Lipinski definition) is 1. The highest BCUT2D eigenvalue weighted by molar-refractivity contribution is 5.94. The van der Waals surface area contributed by atoms with Crippen molar-refractivity contribution in [3.8, 4) is 0 Å². The second-order valence-corrected chi connectivity index (χ2v) is 4.99. The lowest BCUT2D eigenvalue weighted by Gasteiger charge is -2.29. The van der Waals surface area contributed by atoms with Gasteiger partial charge < -0.3 is 10.6 Å². The van der Waals surface area contributed by atoms with Crippen LogP contribution in [0.15, 0.2) is 24.3 Å². The molecule has 0 radical (unpaired) electrons. The minimum Gasteiger partial charge on any atom is -0.328 e. The highest BCUT2D eigenvalue weighted by atomic mass is 19.1. The molecular weight excluding hydrogens is 231 g/mol. The largest absolute Gasteiger partial charge is 0.328 e. The molecule has 0 aliphatic heterocycles. The summed E-state index contributed by atoms with van der Waals surface area (Å²) in [4.78, 5) is 13.9. The van der Waals surface area contributed by atoms with Crippen LogP contribution in [0, 0.1) is 11.7 Å². The Balaban J connectivity index is 2.02. The molecule has 4 heteroatoms. The highest BCUT2D eigenvalue weighted by Crippen LogP contribution is 2.26. The van der Waals surface area contributed by atoms with Gasteiger partial charge in [0.05, 0.1) is 0 Å². The van der Waals surface area contributed by atoms with Crippen LogP contribution in [-0.4, -0.2) is 19.0 Å². The van der Waals surface area contributed by atoms with Gasteiger partial charge in [-0.1, -0.05) is 0 Å². The van der Waals surface area contributed by atoms with Gasteiger partial charge in [0, 0.05) is 24.7 Å². The highest BCUT2D eigenvalue weighted by Gasteiger charge is 2.27. The van der Waals surface area contributed by atoms with Crippen molar-refractivity contribution in [3.63, 3.8) is 0 Å². The fraction of sp³-hybridized carbons (Fsp3) is 0.500. The summed E-state index contributed by atoms with van der Waals surface area (Å²) in [6.07, 6.45) is 3.53. The van der Waals surface area contributed by atoms with E-state index in [1.54, 1.807) is 24.1 Å². The molecule has 1 aromatic carbocycles. The van der Waals surface area contributed by atoms with E-state index in [4.69, 9.17) is 5.73 Å². The van der Waals surface area contributed by atoms with Crippen LogP contribution in [0.1, 0.15) is 25.7 Å². The van der Waals surface area contributed by atoms with Crippen LogP contribution < -0.4 is 10.6 Å². The number of nitrogens with zero attached hydrogens (tertiary/aromatic N) is 1. The van der Waals surface area contributed by atoms with E-state index < -0.39 is 0 Å². The van der Waals surface area contributed by atoms with Gasteiger partial charge in [-0.3, -0.25) is 4.79 Å². The SMILES string of the molecule is CN(C(=O)C1CCC(N)CC1)c1ccc(F)cc1. The Labute approximate surface area is 107 Å². The van der Waals surface area contributed by atoms with E-state index in [0.717, 1.165) is 31.4 Å². The first-order valence-electron chi connectivity index (χ1n) is 6.36. The number of benzene rings is 1. The third-order valence-electron chi connectivity index (χ3n) is 3.67. The van der Waals surface area contributed by atoms with Crippen LogP contribution in [0.25, 0.3) is 0 Å². The van der Waals surface area contributed by atoms with E-state index in [1.165, 1.54) is 12.1 Å². The van der Waals surface area contributed by atoms with Gasteiger partial charge in [-0.25, -0.2) is 4.39 Å². The second kappa shape index (κ2) is 5.48. The van der Waals surface area contributed by atoms with Crippen LogP contribution in [-0.2, 0) is 4.79 Å². The summed E-state index contributed by atoms with van der Waals surface area (Å²) < 4.78 is 12.8. The third kappa shape index (κ3) is 2.88. The van der Waals surface area contributed by atoms with Gasteiger partial charge in [-0.2, -0.15) is 0 Å². The van der Waals surface area contributed by atoms with Crippen molar-refractivity contribution in [2.75, 3.05) is 11.9 Å². The zero-order chi connectivity index (χ0) is 13.1. The zero-order valence-electron chi connectivity index (χ0n) is 10.6. The maximum atomic E-state index is 12.8. The number of carbonyl (C=O) groups is 1. The van der Waals surface area contributed by atoms with E-state index in [0.29, 0.717) is 0 Å². The van der Waals surface area contributed by atoms with Crippen LogP contribution in [0.3, 0.4) is 0 Å². The van der Waals surface area contributed by atoms with Crippen LogP contribution >= 0.6 is 0 Å². The molecule has 0 bridgehead atoms. The fourth-order valence-corrected chi connectivity index (χ4v) is 2.43. The molecule has 98 valence electrons. The summed E-state index contributed by atoms with van der Waals surface area (Å²) in [5, 5.41) is 0. The average molecular weight is 250 g/mol. The number of carbonyl (C=O) groups excluding carboxylic acids is 1. The maximum absolute atomic E-state index is 12.8. The molecule has 0 aromatic heterocycles. The molecule has 3 nitrogen and oxygen atoms in total. The maximum Gasteiger partial charge on any atom is 0.229 e. The lowest BCUT2D eigenvalue weighted by atomic mass is 9.85. The van der Waals surface area contributed by atoms with Crippen molar-refractivity contribution >= 4 is 11.6 Å². The predicted octanol–water partition coefficient (Wildman–Crippen LogP) is 2.31. The van der Waals surface area contributed by atoms with Gasteiger partial charge in [0.2, 0.25) is 5.91 Å². The standard InChI is InChI=1S/C14H19FN2O/c1-17(13-8-4-11(15)5-9-13)14(18)10-2-6-12(16)7-3-10/h4-5,8-10,12H,2-3,6-7,16H2,1H3. The molecule has 0 unspecified atom stereocenters. The van der Waals surface area contributed by atoms with E-state index in [-0.39, 0.29) is 23.7 Å². The van der Waals surface area contributed by atoms with Gasteiger partial charge in [0.15, 0.2) is 0 Å². The monoisotopic (exact) mass is 250 g/mol. The molecule has 18 heavy (non-hydrogen) atoms. The molecule has 1 amide bonds. The molecule has 0 spiro atoms. The quantitative estimate of drug-likeness (QED) is 0.875. The molecular formula is C14H19FN2O. The summed E-state index contributed by atoms with van der Waals surface area (Å²) in [6, 6.07) is 6.24. The fourth-order valence-electron chi connectivity index (χ4n) is 2.43. The molecule has 1 fully saturated rings. The van der Waals surface area contributed by atoms with Crippen molar-refractivity contribution in [3.05, 3.63) is 30.1 Å². The Morgan fingerprint density at radius 2 is 1.78 bits per heavy atom. The Hall–Kier alpha value is -1.42. The van der Waals surface area contributed by atoms with Gasteiger partial charge >= 0.3 is 0 Å². The Morgan fingerprint density at radius 3 is 2.33 bits per heavy atom. The minimum absolute atomic E-state index is 0.0554. The summed E-state index contributed by atoms with van der Waals surface area (Å²) in [5.41, 5.74) is 6.57. The number of amides is 1. The molecule has 1 aliphatic rings. The van der Waals surface area contributed by atoms with E-state index in [9.17, 15) is 9.18 Å². The summed E-state index contributed by atoms with van der Waals surface area (Å²) in [5.74, 6) is -0.128. The second-order valence-electron chi connectivity index (χ2n) is 4.99. The molecule has 2 N–H and O–H groups in total. The van der Waals surface area contributed by atoms with Crippen LogP contribution in [0.5, 0.6) is 0 Å². The van der Waals surface area contributed by atoms with E-state index in [1.807, 2.05) is 0 Å². The van der Waals surface area contributed by atoms with Crippen LogP contribution in [0.4, 0.5) is 10.1 Å². The summed E-state index contributed by atoms with van der Waals surface area (Å²) in [6.45, 7) is 0. The smallest absolute Gasteiger partial charge is 0.229 e. The number of rotatable bonds is 2. The first kappa shape index (κ1) is 13.0. The average Bonchev–Trinajstić information content (AvgIpc) is 2.39. The topological polar surface area (TPSA) is 46.3 Å². The third-order valence-corrected chi connectivity index (χ3v) is 3.67. The summed E-state index contributed by atoms with van der Waals surface area (Å²) in [7, 11) is 1.74. The number of hydrogen-bond acceptors (Lipinski definition) is 2. The molecule has 1 aliphatic carbocycles. The van der Waals surface area contributed by atoms with Crippen molar-refractivity contribution in [2.45, 2.75) is 31.7 Å². The van der Waals surface area contributed by atoms with Gasteiger partial charge in [0.1, 0.15) is 5.82 Å². The van der Waals surface area contributed by atoms with Gasteiger partial charge in [0.25, 0.3) is 0 Å². The van der Waals surface area contributed by atoms with Crippen molar-refractivity contribution in [1.29, 1.82) is 0 Å². The van der Waals surface area contributed by atoms with Crippen molar-refractivity contribution < 1.29 is 9.18 Å². The Kier molecular flexibility index (Phi) is 3.97. The number of halogens is 1. The molecule has 1 aromatic rings. The normalized spacial score (nSPS) is 23.7. The lowest BCUT2D eigenvalue weighted by molar-refractivity contribution is -0.123. The van der Waals surface area contributed by atoms with Crippen molar-refractivity contribution in [1.82, 2.24) is 0 Å². The number of anilines is 1. The van der Waals surface area contributed by atoms with Crippen LogP contribution in [0.2, 0.25) is 0 Å². The predicted molar refractivity (Wildman–Crippen MR) is 69.7 cm³/mol. The zero-order valence-corrected chi connectivity index (χ0v) is 10.6. The lowest BCUT2D eigenvalue weighted by Crippen LogP contribution is -2.37. The van der Waals surface area contributed by atoms with E-state index >= 15 is 0 Å². The summed E-state index contributed by atoms with van der Waals surface area (Å²) >= 11 is 0. The molecule has 1 saturated carbocycles. The Morgan fingerprint density at radius 1 is 1.22 bits per heavy atom. The Bertz CT molecular complexity index is 410. The minimum atomic E-state index is -0.289. The number of nitrogens with two attached hydrogens (primary N) is 1. The van der Waals surface area contributed by atoms with Crippen molar-refractivity contribution in [2.24, 2.45) is 11.7 Å². The molecule has 2 rings (SSSR count). The van der Waals surface area contributed by atoms with Gasteiger partial charge in [-0.05, 0) is 49.9 Å². The molecule has 0 heterocycles. The first-order valence-corrected chi connectivity index (χ1v) is 6.36. The van der Waals surface area contributed by atoms with Gasteiger partial charge in [-0.15, -0.1) is 0 Å². The molecule has 0 saturated heterocycles. The first-order chi connectivity index (χ1) is 8.58. The van der Waals surface area contributed by atoms with E-state index in [2.05, 4.69) is 0 Å². The molecule has 0 atom stereocenters.